The van der Waals surface area contributed by atoms with Gasteiger partial charge in [0.15, 0.2) is 5.82 Å². The Balaban J connectivity index is 1.24. The second kappa shape index (κ2) is 13.8. The van der Waals surface area contributed by atoms with Crippen LogP contribution in [0.2, 0.25) is 0 Å². The zero-order valence-electron chi connectivity index (χ0n) is 30.9. The molecule has 3 unspecified atom stereocenters. The molecule has 5 saturated heterocycles. The number of aliphatic imine (C=N–C) groups is 1. The van der Waals surface area contributed by atoms with Crippen molar-refractivity contribution >= 4 is 51.2 Å². The average Bonchev–Trinajstić information content (AvgIpc) is 3.94. The van der Waals surface area contributed by atoms with E-state index in [0.29, 0.717) is 34.1 Å². The molecule has 1 aromatic heterocycles. The summed E-state index contributed by atoms with van der Waals surface area (Å²) in [6, 6.07) is 7.40. The number of hydrogen-bond donors (Lipinski definition) is 1. The van der Waals surface area contributed by atoms with E-state index in [-0.39, 0.29) is 40.0 Å². The smallest absolute Gasteiger partial charge is 0.159 e. The van der Waals surface area contributed by atoms with Crippen LogP contribution in [0.4, 0.5) is 20.3 Å². The van der Waals surface area contributed by atoms with Crippen molar-refractivity contribution in [3.8, 4) is 23.5 Å². The first-order valence-corrected chi connectivity index (χ1v) is 20.7. The predicted octanol–water partition coefficient (Wildman–Crippen LogP) is 7.62. The number of likely N-dealkylation sites (tertiary alicyclic amines) is 1. The summed E-state index contributed by atoms with van der Waals surface area (Å²) in [5.74, 6) is 6.20. The molecular formula is C43H49F2N7S. The fourth-order valence-corrected chi connectivity index (χ4v) is 12.0. The molecule has 0 spiro atoms. The van der Waals surface area contributed by atoms with Crippen LogP contribution in [-0.4, -0.2) is 94.9 Å². The molecule has 7 nitrogen and oxygen atoms in total. The van der Waals surface area contributed by atoms with Gasteiger partial charge in [0.1, 0.15) is 23.0 Å². The van der Waals surface area contributed by atoms with Gasteiger partial charge in [0.05, 0.1) is 16.6 Å². The van der Waals surface area contributed by atoms with Crippen LogP contribution in [0.5, 0.6) is 0 Å². The van der Waals surface area contributed by atoms with Gasteiger partial charge < -0.3 is 10.6 Å². The lowest BCUT2D eigenvalue weighted by atomic mass is 9.88. The van der Waals surface area contributed by atoms with Crippen molar-refractivity contribution in [2.75, 3.05) is 61.9 Å². The summed E-state index contributed by atoms with van der Waals surface area (Å²) in [6.07, 6.45) is 17.5. The van der Waals surface area contributed by atoms with Gasteiger partial charge in [-0.1, -0.05) is 24.1 Å². The summed E-state index contributed by atoms with van der Waals surface area (Å²) >= 11 is 2.07. The quantitative estimate of drug-likeness (QED) is 0.114. The molecule has 9 rings (SSSR count). The highest BCUT2D eigenvalue weighted by molar-refractivity contribution is 7.99. The minimum absolute atomic E-state index is 0.0914. The summed E-state index contributed by atoms with van der Waals surface area (Å²) in [6.45, 7) is 7.33. The lowest BCUT2D eigenvalue weighted by Crippen LogP contribution is -2.55. The van der Waals surface area contributed by atoms with E-state index in [1.54, 1.807) is 19.3 Å². The fraction of sp³-hybridized carbons (Fsp3) is 0.512. The van der Waals surface area contributed by atoms with Crippen molar-refractivity contribution in [3.63, 3.8) is 0 Å². The van der Waals surface area contributed by atoms with E-state index in [1.165, 1.54) is 49.7 Å². The minimum Gasteiger partial charge on any atom is -0.398 e. The summed E-state index contributed by atoms with van der Waals surface area (Å²) in [5.41, 5.74) is 9.97. The normalized spacial score (nSPS) is 24.3. The first-order valence-electron chi connectivity index (χ1n) is 19.6. The zero-order valence-corrected chi connectivity index (χ0v) is 31.8. The van der Waals surface area contributed by atoms with Crippen LogP contribution in [0.1, 0.15) is 73.9 Å². The topological polar surface area (TPSA) is 73.9 Å². The molecular weight excluding hydrogens is 685 g/mol. The van der Waals surface area contributed by atoms with Crippen LogP contribution < -0.4 is 10.6 Å². The van der Waals surface area contributed by atoms with Crippen molar-refractivity contribution in [1.29, 1.82) is 0 Å². The third kappa shape index (κ3) is 5.89. The maximum atomic E-state index is 17.8. The van der Waals surface area contributed by atoms with Crippen LogP contribution in [-0.2, 0) is 6.42 Å². The van der Waals surface area contributed by atoms with Crippen LogP contribution in [0.15, 0.2) is 29.3 Å². The third-order valence-electron chi connectivity index (χ3n) is 13.0. The summed E-state index contributed by atoms with van der Waals surface area (Å²) in [5, 5.41) is 1.80. The van der Waals surface area contributed by atoms with Gasteiger partial charge in [-0.3, -0.25) is 14.8 Å². The summed E-state index contributed by atoms with van der Waals surface area (Å²) in [7, 11) is 1.70. The molecule has 5 aliphatic heterocycles. The Morgan fingerprint density at radius 1 is 1.08 bits per heavy atom. The van der Waals surface area contributed by atoms with Crippen molar-refractivity contribution in [1.82, 2.24) is 19.8 Å². The molecule has 0 amide bonds. The molecule has 0 radical (unpaired) electrons. The average molecular weight is 734 g/mol. The van der Waals surface area contributed by atoms with E-state index in [0.717, 1.165) is 74.7 Å². The number of nitrogens with two attached hydrogens (primary N) is 1. The molecule has 6 heterocycles. The van der Waals surface area contributed by atoms with Crippen LogP contribution in [0, 0.1) is 36.8 Å². The molecule has 5 fully saturated rings. The maximum Gasteiger partial charge on any atom is 0.159 e. The van der Waals surface area contributed by atoms with E-state index in [1.807, 2.05) is 19.1 Å². The highest BCUT2D eigenvalue weighted by Crippen LogP contribution is 2.47. The molecule has 3 aromatic carbocycles. The van der Waals surface area contributed by atoms with Gasteiger partial charge in [0.25, 0.3) is 0 Å². The van der Waals surface area contributed by atoms with E-state index in [9.17, 15) is 0 Å². The number of terminal acetylenes is 1. The van der Waals surface area contributed by atoms with Crippen LogP contribution >= 0.6 is 11.8 Å². The molecule has 2 bridgehead atoms. The van der Waals surface area contributed by atoms with Crippen molar-refractivity contribution in [2.45, 2.75) is 82.3 Å². The molecule has 5 aliphatic rings. The number of hydrogen-bond acceptors (Lipinski definition) is 8. The van der Waals surface area contributed by atoms with Crippen molar-refractivity contribution in [2.24, 2.45) is 10.9 Å². The van der Waals surface area contributed by atoms with Crippen LogP contribution in [0.3, 0.4) is 0 Å². The highest BCUT2D eigenvalue weighted by Gasteiger charge is 2.45. The Hall–Kier alpha value is -3.78. The third-order valence-corrected chi connectivity index (χ3v) is 14.3. The second-order valence-corrected chi connectivity index (χ2v) is 17.4. The monoisotopic (exact) mass is 733 g/mol. The lowest BCUT2D eigenvalue weighted by Gasteiger charge is -2.43. The molecule has 4 aromatic rings. The Kier molecular flexibility index (Phi) is 9.11. The van der Waals surface area contributed by atoms with Gasteiger partial charge in [-0.2, -0.15) is 11.8 Å². The summed E-state index contributed by atoms with van der Waals surface area (Å²) in [4.78, 5) is 22.8. The first kappa shape index (κ1) is 35.0. The standard InChI is InChI=1S/C43H49F2N7S/c1-4-31-34(44)10-7-28-19-26(2)20-32(36(28)31)37-39(45)41-38(33(21-47-3)40(37)46)42(49-35(48-41)11-15-43-13-5-16-51(43)17-6-14-43)52-29-8-9-30(52)24-50(23-29)22-27-12-18-53-25-27/h1,7,10,19-21,27,29-30H,5-6,8-9,11-18,22-25,46H2,2-3H3. The van der Waals surface area contributed by atoms with Crippen molar-refractivity contribution in [3.05, 3.63) is 58.4 Å². The molecule has 53 heavy (non-hydrogen) atoms. The highest BCUT2D eigenvalue weighted by atomic mass is 32.2. The SMILES string of the molecule is C#Cc1c(F)ccc2cc(C)cc(-c3c(N)c(C=NC)c4c(N5C6CCC5CN(CC5CCSC5)C6)nc(CCC56CCCN5CCC6)nc4c3F)c12. The number of anilines is 2. The van der Waals surface area contributed by atoms with E-state index in [4.69, 9.17) is 22.1 Å². The Morgan fingerprint density at radius 3 is 2.55 bits per heavy atom. The number of piperazine rings is 1. The summed E-state index contributed by atoms with van der Waals surface area (Å²) < 4.78 is 33.1. The number of thioether (sulfide) groups is 1. The van der Waals surface area contributed by atoms with E-state index < -0.39 is 11.6 Å². The zero-order chi connectivity index (χ0) is 36.4. The molecule has 0 aliphatic carbocycles. The molecule has 0 saturated carbocycles. The van der Waals surface area contributed by atoms with Gasteiger partial charge >= 0.3 is 0 Å². The number of nitrogens with zero attached hydrogens (tertiary/aromatic N) is 6. The number of fused-ring (bicyclic) bond motifs is 5. The van der Waals surface area contributed by atoms with Gasteiger partial charge in [-0.05, 0) is 111 Å². The minimum atomic E-state index is -0.527. The van der Waals surface area contributed by atoms with Crippen molar-refractivity contribution < 1.29 is 8.78 Å². The number of benzene rings is 3. The fourth-order valence-electron chi connectivity index (χ4n) is 10.7. The van der Waals surface area contributed by atoms with Gasteiger partial charge in [-0.15, -0.1) is 6.42 Å². The molecule has 10 heteroatoms. The Morgan fingerprint density at radius 2 is 1.85 bits per heavy atom. The second-order valence-electron chi connectivity index (χ2n) is 16.2. The largest absolute Gasteiger partial charge is 0.398 e. The number of halogens is 2. The number of nitrogen functional groups attached to an aromatic ring is 1. The predicted molar refractivity (Wildman–Crippen MR) is 215 cm³/mol. The maximum absolute atomic E-state index is 17.8. The lowest BCUT2D eigenvalue weighted by molar-refractivity contribution is 0.181. The van der Waals surface area contributed by atoms with E-state index >= 15 is 8.78 Å². The van der Waals surface area contributed by atoms with Crippen LogP contribution in [0.25, 0.3) is 32.8 Å². The Labute approximate surface area is 315 Å². The molecule has 2 N–H and O–H groups in total. The first-order chi connectivity index (χ1) is 25.8. The number of rotatable bonds is 8. The van der Waals surface area contributed by atoms with E-state index in [2.05, 4.69) is 37.4 Å². The van der Waals surface area contributed by atoms with Gasteiger partial charge in [0, 0.05) is 73.5 Å². The number of aryl methyl sites for hydroxylation is 2. The van der Waals surface area contributed by atoms with Gasteiger partial charge in [-0.25, -0.2) is 18.7 Å². The molecule has 3 atom stereocenters. The van der Waals surface area contributed by atoms with Gasteiger partial charge in [0.2, 0.25) is 0 Å². The number of aromatic nitrogens is 2. The Bertz CT molecular complexity index is 2150. The molecule has 276 valence electrons.